The smallest absolute Gasteiger partial charge is 0.225 e. The van der Waals surface area contributed by atoms with Crippen LogP contribution >= 0.6 is 0 Å². The molecule has 1 fully saturated rings. The van der Waals surface area contributed by atoms with Crippen molar-refractivity contribution in [2.24, 2.45) is 11.8 Å². The van der Waals surface area contributed by atoms with E-state index in [-0.39, 0.29) is 17.9 Å². The molecule has 2 aromatic rings. The van der Waals surface area contributed by atoms with Gasteiger partial charge in [0.2, 0.25) is 11.9 Å². The van der Waals surface area contributed by atoms with Crippen molar-refractivity contribution >= 4 is 11.9 Å². The number of nitrogens with zero attached hydrogens (tertiary/aromatic N) is 4. The van der Waals surface area contributed by atoms with Gasteiger partial charge < -0.3 is 10.2 Å². The number of anilines is 1. The molecule has 2 aliphatic rings. The van der Waals surface area contributed by atoms with Gasteiger partial charge in [0.1, 0.15) is 0 Å². The van der Waals surface area contributed by atoms with Gasteiger partial charge in [-0.3, -0.25) is 9.78 Å². The second kappa shape index (κ2) is 8.25. The number of rotatable bonds is 4. The third-order valence-electron chi connectivity index (χ3n) is 6.06. The van der Waals surface area contributed by atoms with E-state index in [2.05, 4.69) is 27.1 Å². The molecule has 1 aliphatic heterocycles. The molecule has 1 amide bonds. The average molecular weight is 380 g/mol. The maximum atomic E-state index is 12.7. The van der Waals surface area contributed by atoms with Crippen molar-refractivity contribution in [3.8, 4) is 0 Å². The molecule has 3 heterocycles. The van der Waals surface area contributed by atoms with Crippen LogP contribution in [0.15, 0.2) is 30.6 Å². The first-order valence-corrected chi connectivity index (χ1v) is 10.4. The molecule has 0 aromatic carbocycles. The standard InChI is InChI=1S/C22H29N5O/c1-15-8-11-27(12-9-15)22-24-14-18-13-17(6-7-20(18)26-22)21(28)25-16(2)19-5-3-4-10-23-19/h3-5,10,14-17H,6-9,11-13H2,1-2H3,(H,25,28)/t16-,17+/m1/s1. The van der Waals surface area contributed by atoms with Crippen LogP contribution in [0, 0.1) is 11.8 Å². The van der Waals surface area contributed by atoms with E-state index in [1.165, 1.54) is 12.8 Å². The second-order valence-electron chi connectivity index (χ2n) is 8.24. The SMILES string of the molecule is CC1CCN(c2ncc3c(n2)CC[C@H](C(=O)N[C@H](C)c2ccccn2)C3)CC1. The first-order valence-electron chi connectivity index (χ1n) is 10.4. The van der Waals surface area contributed by atoms with Crippen LogP contribution in [0.4, 0.5) is 5.95 Å². The first kappa shape index (κ1) is 18.8. The normalized spacial score (nSPS) is 21.1. The van der Waals surface area contributed by atoms with E-state index in [0.29, 0.717) is 6.42 Å². The van der Waals surface area contributed by atoms with Crippen LogP contribution in [-0.4, -0.2) is 33.9 Å². The number of carbonyl (C=O) groups is 1. The zero-order valence-electron chi connectivity index (χ0n) is 16.8. The van der Waals surface area contributed by atoms with Crippen LogP contribution in [0.25, 0.3) is 0 Å². The summed E-state index contributed by atoms with van der Waals surface area (Å²) in [5, 5.41) is 3.11. The summed E-state index contributed by atoms with van der Waals surface area (Å²) in [7, 11) is 0. The van der Waals surface area contributed by atoms with Crippen molar-refractivity contribution in [1.29, 1.82) is 0 Å². The van der Waals surface area contributed by atoms with Gasteiger partial charge >= 0.3 is 0 Å². The number of nitrogens with one attached hydrogen (secondary N) is 1. The van der Waals surface area contributed by atoms with E-state index in [4.69, 9.17) is 4.98 Å². The third-order valence-corrected chi connectivity index (χ3v) is 6.06. The molecule has 0 unspecified atom stereocenters. The van der Waals surface area contributed by atoms with E-state index < -0.39 is 0 Å². The number of aromatic nitrogens is 3. The van der Waals surface area contributed by atoms with Crippen LogP contribution < -0.4 is 10.2 Å². The molecular formula is C22H29N5O. The number of aryl methyl sites for hydroxylation is 1. The fourth-order valence-corrected chi connectivity index (χ4v) is 4.12. The maximum Gasteiger partial charge on any atom is 0.225 e. The maximum absolute atomic E-state index is 12.7. The fraction of sp³-hybridized carbons (Fsp3) is 0.545. The minimum atomic E-state index is -0.0878. The van der Waals surface area contributed by atoms with Crippen LogP contribution in [0.2, 0.25) is 0 Å². The highest BCUT2D eigenvalue weighted by Gasteiger charge is 2.28. The summed E-state index contributed by atoms with van der Waals surface area (Å²) in [6.45, 7) is 6.36. The van der Waals surface area contributed by atoms with Crippen molar-refractivity contribution in [1.82, 2.24) is 20.3 Å². The molecule has 4 rings (SSSR count). The molecule has 28 heavy (non-hydrogen) atoms. The molecule has 0 radical (unpaired) electrons. The van der Waals surface area contributed by atoms with Crippen LogP contribution in [0.1, 0.15) is 56.1 Å². The lowest BCUT2D eigenvalue weighted by Gasteiger charge is -2.31. The molecule has 1 saturated heterocycles. The number of amides is 1. The Morgan fingerprint density at radius 1 is 1.21 bits per heavy atom. The monoisotopic (exact) mass is 379 g/mol. The molecule has 6 nitrogen and oxygen atoms in total. The van der Waals surface area contributed by atoms with Gasteiger partial charge in [-0.1, -0.05) is 13.0 Å². The van der Waals surface area contributed by atoms with Crippen molar-refractivity contribution in [2.45, 2.75) is 52.0 Å². The van der Waals surface area contributed by atoms with Crippen LogP contribution in [-0.2, 0) is 17.6 Å². The Labute approximate surface area is 166 Å². The predicted octanol–water partition coefficient (Wildman–Crippen LogP) is 3.09. The molecule has 6 heteroatoms. The lowest BCUT2D eigenvalue weighted by atomic mass is 9.86. The summed E-state index contributed by atoms with van der Waals surface area (Å²) >= 11 is 0. The van der Waals surface area contributed by atoms with Gasteiger partial charge in [-0.05, 0) is 62.6 Å². The van der Waals surface area contributed by atoms with Crippen molar-refractivity contribution in [3.63, 3.8) is 0 Å². The Kier molecular flexibility index (Phi) is 5.55. The molecule has 148 valence electrons. The number of piperidine rings is 1. The minimum absolute atomic E-state index is 0.0241. The van der Waals surface area contributed by atoms with Gasteiger partial charge in [0.25, 0.3) is 0 Å². The zero-order chi connectivity index (χ0) is 19.5. The summed E-state index contributed by atoms with van der Waals surface area (Å²) in [6.07, 6.45) is 8.50. The van der Waals surface area contributed by atoms with Crippen molar-refractivity contribution < 1.29 is 4.79 Å². The largest absolute Gasteiger partial charge is 0.348 e. The molecular weight excluding hydrogens is 350 g/mol. The van der Waals surface area contributed by atoms with E-state index in [1.807, 2.05) is 31.3 Å². The lowest BCUT2D eigenvalue weighted by molar-refractivity contribution is -0.126. The lowest BCUT2D eigenvalue weighted by Crippen LogP contribution is -2.37. The number of hydrogen-bond donors (Lipinski definition) is 1. The average Bonchev–Trinajstić information content (AvgIpc) is 2.74. The van der Waals surface area contributed by atoms with E-state index in [1.54, 1.807) is 6.20 Å². The second-order valence-corrected chi connectivity index (χ2v) is 8.24. The Morgan fingerprint density at radius 2 is 2.04 bits per heavy atom. The van der Waals surface area contributed by atoms with Gasteiger partial charge in [0.05, 0.1) is 11.7 Å². The molecule has 2 aromatic heterocycles. The molecule has 2 atom stereocenters. The molecule has 0 spiro atoms. The van der Waals surface area contributed by atoms with Crippen LogP contribution in [0.5, 0.6) is 0 Å². The van der Waals surface area contributed by atoms with E-state index in [9.17, 15) is 4.79 Å². The molecule has 1 N–H and O–H groups in total. The van der Waals surface area contributed by atoms with Gasteiger partial charge in [-0.25, -0.2) is 9.97 Å². The number of hydrogen-bond acceptors (Lipinski definition) is 5. The van der Waals surface area contributed by atoms with E-state index >= 15 is 0 Å². The first-order chi connectivity index (χ1) is 13.6. The molecule has 1 aliphatic carbocycles. The number of pyridine rings is 1. The van der Waals surface area contributed by atoms with Gasteiger partial charge in [-0.2, -0.15) is 0 Å². The molecule has 0 bridgehead atoms. The predicted molar refractivity (Wildman–Crippen MR) is 109 cm³/mol. The summed E-state index contributed by atoms with van der Waals surface area (Å²) in [4.78, 5) is 28.8. The zero-order valence-corrected chi connectivity index (χ0v) is 16.8. The topological polar surface area (TPSA) is 71.0 Å². The van der Waals surface area contributed by atoms with Crippen molar-refractivity contribution in [3.05, 3.63) is 47.5 Å². The highest BCUT2D eigenvalue weighted by Crippen LogP contribution is 2.27. The van der Waals surface area contributed by atoms with Gasteiger partial charge in [-0.15, -0.1) is 0 Å². The fourth-order valence-electron chi connectivity index (χ4n) is 4.12. The summed E-state index contributed by atoms with van der Waals surface area (Å²) in [5.41, 5.74) is 3.12. The molecule has 0 saturated carbocycles. The van der Waals surface area contributed by atoms with Crippen molar-refractivity contribution in [2.75, 3.05) is 18.0 Å². The Morgan fingerprint density at radius 3 is 2.79 bits per heavy atom. The highest BCUT2D eigenvalue weighted by molar-refractivity contribution is 5.79. The Bertz CT molecular complexity index is 817. The summed E-state index contributed by atoms with van der Waals surface area (Å²) in [6, 6.07) is 5.68. The number of fused-ring (bicyclic) bond motifs is 1. The van der Waals surface area contributed by atoms with E-state index in [0.717, 1.165) is 54.7 Å². The van der Waals surface area contributed by atoms with Gasteiger partial charge in [0.15, 0.2) is 0 Å². The highest BCUT2D eigenvalue weighted by atomic mass is 16.1. The van der Waals surface area contributed by atoms with Gasteiger partial charge in [0, 0.05) is 37.1 Å². The Balaban J connectivity index is 1.38. The number of carbonyl (C=O) groups excluding carboxylic acids is 1. The minimum Gasteiger partial charge on any atom is -0.348 e. The summed E-state index contributed by atoms with van der Waals surface area (Å²) in [5.74, 6) is 1.72. The van der Waals surface area contributed by atoms with Crippen LogP contribution in [0.3, 0.4) is 0 Å². The third kappa shape index (κ3) is 4.16. The summed E-state index contributed by atoms with van der Waals surface area (Å²) < 4.78 is 0. The Hall–Kier alpha value is -2.50. The quantitative estimate of drug-likeness (QED) is 0.884.